The third-order valence-corrected chi connectivity index (χ3v) is 5.38. The Morgan fingerprint density at radius 1 is 1.07 bits per heavy atom. The van der Waals surface area contributed by atoms with Crippen molar-refractivity contribution in [3.8, 4) is 17.2 Å². The summed E-state index contributed by atoms with van der Waals surface area (Å²) in [6, 6.07) is 14.3. The number of benzene rings is 2. The van der Waals surface area contributed by atoms with Crippen LogP contribution in [0, 0.1) is 0 Å². The predicted molar refractivity (Wildman–Crippen MR) is 104 cm³/mol. The topological polar surface area (TPSA) is 68.2 Å². The van der Waals surface area contributed by atoms with Gasteiger partial charge in [0.1, 0.15) is 31.9 Å². The van der Waals surface area contributed by atoms with E-state index >= 15 is 0 Å². The molecule has 1 N–H and O–H groups in total. The van der Waals surface area contributed by atoms with E-state index in [2.05, 4.69) is 17.0 Å². The fourth-order valence-electron chi connectivity index (χ4n) is 4.05. The average molecular weight is 383 g/mol. The first-order chi connectivity index (χ1) is 13.8. The van der Waals surface area contributed by atoms with E-state index in [1.165, 1.54) is 11.1 Å². The van der Waals surface area contributed by atoms with Gasteiger partial charge in [-0.2, -0.15) is 0 Å². The summed E-state index contributed by atoms with van der Waals surface area (Å²) in [5, 5.41) is 8.88. The van der Waals surface area contributed by atoms with Crippen LogP contribution < -0.4 is 14.2 Å². The van der Waals surface area contributed by atoms with Crippen molar-refractivity contribution in [3.63, 3.8) is 0 Å². The van der Waals surface area contributed by atoms with Gasteiger partial charge in [-0.15, -0.1) is 0 Å². The molecule has 6 nitrogen and oxygen atoms in total. The van der Waals surface area contributed by atoms with E-state index in [-0.39, 0.29) is 19.3 Å². The monoisotopic (exact) mass is 383 g/mol. The van der Waals surface area contributed by atoms with Crippen LogP contribution in [0.2, 0.25) is 0 Å². The van der Waals surface area contributed by atoms with E-state index in [4.69, 9.17) is 19.3 Å². The Labute approximate surface area is 164 Å². The summed E-state index contributed by atoms with van der Waals surface area (Å²) < 4.78 is 16.8. The number of fused-ring (bicyclic) bond motifs is 1. The first-order valence-corrected chi connectivity index (χ1v) is 9.69. The van der Waals surface area contributed by atoms with Gasteiger partial charge in [0.2, 0.25) is 0 Å². The Balaban J connectivity index is 1.52. The Morgan fingerprint density at radius 2 is 1.82 bits per heavy atom. The number of carbonyl (C=O) groups excluding carboxylic acids is 1. The molecular formula is C22H25NO5. The molecule has 1 fully saturated rings. The van der Waals surface area contributed by atoms with E-state index in [0.29, 0.717) is 25.7 Å². The van der Waals surface area contributed by atoms with Gasteiger partial charge >= 0.3 is 0 Å². The summed E-state index contributed by atoms with van der Waals surface area (Å²) >= 11 is 0. The minimum absolute atomic E-state index is 0.00526. The molecule has 2 aromatic carbocycles. The quantitative estimate of drug-likeness (QED) is 0.741. The van der Waals surface area contributed by atoms with E-state index in [1.54, 1.807) is 0 Å². The first-order valence-electron chi connectivity index (χ1n) is 9.69. The number of likely N-dealkylation sites (tertiary alicyclic amines) is 1. The third-order valence-electron chi connectivity index (χ3n) is 5.38. The van der Waals surface area contributed by atoms with Crippen LogP contribution in [-0.2, 0) is 4.79 Å². The van der Waals surface area contributed by atoms with E-state index in [0.717, 1.165) is 36.5 Å². The highest BCUT2D eigenvalue weighted by atomic mass is 16.6. The van der Waals surface area contributed by atoms with Crippen LogP contribution in [0.15, 0.2) is 42.5 Å². The first kappa shape index (κ1) is 18.8. The average Bonchev–Trinajstić information content (AvgIpc) is 3.16. The standard InChI is InChI=1S/C22H25NO5/c24-8-7-23-15-18(17-3-6-21-22(14-17)28-12-11-27-21)13-20(23)16-1-4-19(5-2-16)26-10-9-25/h1-6,8,14,18,20,25H,7,9-13,15H2/t18-,20-/m1/s1. The van der Waals surface area contributed by atoms with Crippen LogP contribution in [0.1, 0.15) is 29.5 Å². The SMILES string of the molecule is O=CCN1C[C@H](c2ccc3c(c2)OCCO3)C[C@@H]1c1ccc(OCCO)cc1. The molecule has 0 unspecified atom stereocenters. The molecule has 28 heavy (non-hydrogen) atoms. The molecule has 0 saturated carbocycles. The molecule has 2 aliphatic heterocycles. The number of nitrogens with zero attached hydrogens (tertiary/aromatic N) is 1. The maximum absolute atomic E-state index is 11.2. The smallest absolute Gasteiger partial charge is 0.161 e. The van der Waals surface area contributed by atoms with E-state index < -0.39 is 0 Å². The Morgan fingerprint density at radius 3 is 2.57 bits per heavy atom. The Bertz CT molecular complexity index is 807. The molecular weight excluding hydrogens is 358 g/mol. The fraction of sp³-hybridized carbons (Fsp3) is 0.409. The van der Waals surface area contributed by atoms with Gasteiger partial charge in [-0.3, -0.25) is 4.90 Å². The maximum atomic E-state index is 11.2. The number of aliphatic hydroxyl groups is 1. The molecule has 2 aromatic rings. The van der Waals surface area contributed by atoms with Crippen molar-refractivity contribution in [1.29, 1.82) is 0 Å². The Hall–Kier alpha value is -2.57. The minimum Gasteiger partial charge on any atom is -0.491 e. The number of aldehydes is 1. The van der Waals surface area contributed by atoms with Crippen molar-refractivity contribution in [2.75, 3.05) is 39.5 Å². The van der Waals surface area contributed by atoms with Crippen LogP contribution in [0.4, 0.5) is 0 Å². The zero-order valence-electron chi connectivity index (χ0n) is 15.8. The van der Waals surface area contributed by atoms with Crippen LogP contribution in [-0.4, -0.2) is 55.8 Å². The molecule has 0 radical (unpaired) electrons. The van der Waals surface area contributed by atoms with Crippen LogP contribution in [0.3, 0.4) is 0 Å². The summed E-state index contributed by atoms with van der Waals surface area (Å²) in [6.07, 6.45) is 1.91. The van der Waals surface area contributed by atoms with E-state index in [9.17, 15) is 4.79 Å². The largest absolute Gasteiger partial charge is 0.491 e. The number of carbonyl (C=O) groups is 1. The van der Waals surface area contributed by atoms with Gasteiger partial charge in [-0.1, -0.05) is 18.2 Å². The molecule has 2 atom stereocenters. The van der Waals surface area contributed by atoms with Gasteiger partial charge in [0, 0.05) is 12.6 Å². The number of aliphatic hydroxyl groups excluding tert-OH is 1. The van der Waals surface area contributed by atoms with Gasteiger partial charge in [-0.25, -0.2) is 0 Å². The molecule has 2 aliphatic rings. The fourth-order valence-corrected chi connectivity index (χ4v) is 4.05. The molecule has 0 spiro atoms. The highest BCUT2D eigenvalue weighted by molar-refractivity contribution is 5.53. The molecule has 0 aliphatic carbocycles. The van der Waals surface area contributed by atoms with Gasteiger partial charge in [-0.05, 0) is 47.7 Å². The van der Waals surface area contributed by atoms with Crippen LogP contribution >= 0.6 is 0 Å². The molecule has 4 rings (SSSR count). The van der Waals surface area contributed by atoms with Gasteiger partial charge in [0.25, 0.3) is 0 Å². The lowest BCUT2D eigenvalue weighted by Gasteiger charge is -2.22. The number of hydrogen-bond acceptors (Lipinski definition) is 6. The highest BCUT2D eigenvalue weighted by Gasteiger charge is 2.34. The van der Waals surface area contributed by atoms with Gasteiger partial charge < -0.3 is 24.1 Å². The normalized spacial score (nSPS) is 21.5. The molecule has 148 valence electrons. The molecule has 2 heterocycles. The van der Waals surface area contributed by atoms with Crippen molar-refractivity contribution in [2.24, 2.45) is 0 Å². The maximum Gasteiger partial charge on any atom is 0.161 e. The van der Waals surface area contributed by atoms with E-state index in [1.807, 2.05) is 30.3 Å². The number of rotatable bonds is 7. The second kappa shape index (κ2) is 8.63. The van der Waals surface area contributed by atoms with Gasteiger partial charge in [0.15, 0.2) is 11.5 Å². The lowest BCUT2D eigenvalue weighted by atomic mass is 9.93. The van der Waals surface area contributed by atoms with Gasteiger partial charge in [0.05, 0.1) is 13.2 Å². The van der Waals surface area contributed by atoms with Crippen molar-refractivity contribution < 1.29 is 24.1 Å². The second-order valence-electron chi connectivity index (χ2n) is 7.11. The minimum atomic E-state index is -0.00526. The molecule has 1 saturated heterocycles. The molecule has 0 bridgehead atoms. The summed E-state index contributed by atoms with van der Waals surface area (Å²) in [6.45, 7) is 2.68. The third kappa shape index (κ3) is 3.98. The summed E-state index contributed by atoms with van der Waals surface area (Å²) in [7, 11) is 0. The summed E-state index contributed by atoms with van der Waals surface area (Å²) in [5.74, 6) is 2.67. The lowest BCUT2D eigenvalue weighted by Crippen LogP contribution is -2.25. The second-order valence-corrected chi connectivity index (χ2v) is 7.11. The van der Waals surface area contributed by atoms with Crippen molar-refractivity contribution in [3.05, 3.63) is 53.6 Å². The van der Waals surface area contributed by atoms with Crippen molar-refractivity contribution in [1.82, 2.24) is 4.90 Å². The van der Waals surface area contributed by atoms with Crippen LogP contribution in [0.5, 0.6) is 17.2 Å². The Kier molecular flexibility index (Phi) is 5.78. The lowest BCUT2D eigenvalue weighted by molar-refractivity contribution is -0.109. The molecule has 6 heteroatoms. The van der Waals surface area contributed by atoms with Crippen molar-refractivity contribution >= 4 is 6.29 Å². The zero-order valence-corrected chi connectivity index (χ0v) is 15.8. The van der Waals surface area contributed by atoms with Crippen LogP contribution in [0.25, 0.3) is 0 Å². The summed E-state index contributed by atoms with van der Waals surface area (Å²) in [5.41, 5.74) is 2.38. The predicted octanol–water partition coefficient (Wildman–Crippen LogP) is 2.56. The summed E-state index contributed by atoms with van der Waals surface area (Å²) in [4.78, 5) is 13.4. The molecule has 0 amide bonds. The van der Waals surface area contributed by atoms with Crippen molar-refractivity contribution in [2.45, 2.75) is 18.4 Å². The molecule has 0 aromatic heterocycles. The number of hydrogen-bond donors (Lipinski definition) is 1. The number of ether oxygens (including phenoxy) is 3. The highest BCUT2D eigenvalue weighted by Crippen LogP contribution is 2.42. The zero-order chi connectivity index (χ0) is 19.3.